The molecule has 2 heterocycles. The van der Waals surface area contributed by atoms with Gasteiger partial charge in [0.25, 0.3) is 0 Å². The molecule has 2 N–H and O–H groups in total. The van der Waals surface area contributed by atoms with Gasteiger partial charge in [-0.05, 0) is 29.5 Å². The van der Waals surface area contributed by atoms with E-state index in [1.165, 1.54) is 35.2 Å². The van der Waals surface area contributed by atoms with Crippen molar-refractivity contribution < 1.29 is 0 Å². The van der Waals surface area contributed by atoms with Crippen LogP contribution in [0.5, 0.6) is 0 Å². The van der Waals surface area contributed by atoms with E-state index in [9.17, 15) is 0 Å². The van der Waals surface area contributed by atoms with Crippen molar-refractivity contribution in [3.8, 4) is 33.6 Å². The number of H-pyrrole nitrogens is 2. The highest BCUT2D eigenvalue weighted by molar-refractivity contribution is 5.72. The molecule has 1 saturated carbocycles. The maximum absolute atomic E-state index is 4.53. The third kappa shape index (κ3) is 2.66. The van der Waals surface area contributed by atoms with Crippen LogP contribution in [0.15, 0.2) is 67.4 Å². The quantitative estimate of drug-likeness (QED) is 0.554. The molecular weight excluding hydrogens is 308 g/mol. The molecule has 0 atom stereocenters. The summed E-state index contributed by atoms with van der Waals surface area (Å²) in [6, 6.07) is 17.2. The Labute approximate surface area is 146 Å². The summed E-state index contributed by atoms with van der Waals surface area (Å²) in [5, 5.41) is 0. The van der Waals surface area contributed by atoms with Crippen LogP contribution in [0.3, 0.4) is 0 Å². The Morgan fingerprint density at radius 2 is 1.36 bits per heavy atom. The third-order valence-electron chi connectivity index (χ3n) is 4.84. The number of aromatic amines is 2. The maximum Gasteiger partial charge on any atom is 0.0929 e. The zero-order chi connectivity index (χ0) is 16.6. The lowest BCUT2D eigenvalue weighted by molar-refractivity contribution is 1.05. The summed E-state index contributed by atoms with van der Waals surface area (Å²) < 4.78 is 0. The first kappa shape index (κ1) is 14.2. The molecule has 5 rings (SSSR count). The molecule has 4 nitrogen and oxygen atoms in total. The standard InChI is InChI=1S/C21H18N4/c1-5-16(19-11-22-12-23-19)6-2-14(1)15-3-7-17(8-4-15)20-21(18-9-10-18)25-13-24-20/h1-8,11-13,18H,9-10H2,(H,22,23)(H,24,25). The first-order chi connectivity index (χ1) is 12.4. The average Bonchev–Trinajstić information content (AvgIpc) is 3.17. The van der Waals surface area contributed by atoms with E-state index in [-0.39, 0.29) is 0 Å². The number of nitrogens with zero attached hydrogens (tertiary/aromatic N) is 2. The van der Waals surface area contributed by atoms with Crippen LogP contribution < -0.4 is 0 Å². The summed E-state index contributed by atoms with van der Waals surface area (Å²) in [6.45, 7) is 0. The van der Waals surface area contributed by atoms with E-state index in [4.69, 9.17) is 0 Å². The molecule has 0 bridgehead atoms. The van der Waals surface area contributed by atoms with Crippen LogP contribution in [0.25, 0.3) is 33.6 Å². The van der Waals surface area contributed by atoms with Gasteiger partial charge in [0, 0.05) is 17.2 Å². The first-order valence-corrected chi connectivity index (χ1v) is 8.61. The fourth-order valence-electron chi connectivity index (χ4n) is 3.29. The van der Waals surface area contributed by atoms with Gasteiger partial charge in [-0.3, -0.25) is 0 Å². The highest BCUT2D eigenvalue weighted by atomic mass is 14.9. The lowest BCUT2D eigenvalue weighted by atomic mass is 10.00. The van der Waals surface area contributed by atoms with Gasteiger partial charge in [0.15, 0.2) is 0 Å². The van der Waals surface area contributed by atoms with Gasteiger partial charge in [-0.15, -0.1) is 0 Å². The summed E-state index contributed by atoms with van der Waals surface area (Å²) in [6.07, 6.45) is 7.90. The van der Waals surface area contributed by atoms with Crippen molar-refractivity contribution in [1.29, 1.82) is 0 Å². The highest BCUT2D eigenvalue weighted by Gasteiger charge is 2.28. The molecule has 4 aromatic rings. The molecule has 0 unspecified atom stereocenters. The van der Waals surface area contributed by atoms with E-state index in [2.05, 4.69) is 68.5 Å². The van der Waals surface area contributed by atoms with Crippen molar-refractivity contribution in [1.82, 2.24) is 19.9 Å². The van der Waals surface area contributed by atoms with E-state index in [1.54, 1.807) is 6.33 Å². The number of hydrogen-bond acceptors (Lipinski definition) is 2. The summed E-state index contributed by atoms with van der Waals surface area (Å²) in [5.41, 5.74) is 8.17. The molecule has 2 aromatic carbocycles. The van der Waals surface area contributed by atoms with Crippen LogP contribution in [0, 0.1) is 0 Å². The monoisotopic (exact) mass is 326 g/mol. The number of rotatable bonds is 4. The van der Waals surface area contributed by atoms with Crippen molar-refractivity contribution in [3.05, 3.63) is 73.1 Å². The van der Waals surface area contributed by atoms with Gasteiger partial charge in [-0.25, -0.2) is 9.97 Å². The zero-order valence-electron chi connectivity index (χ0n) is 13.7. The van der Waals surface area contributed by atoms with E-state index in [0.29, 0.717) is 5.92 Å². The van der Waals surface area contributed by atoms with E-state index >= 15 is 0 Å². The highest BCUT2D eigenvalue weighted by Crippen LogP contribution is 2.42. The fourth-order valence-corrected chi connectivity index (χ4v) is 3.29. The molecule has 0 saturated heterocycles. The smallest absolute Gasteiger partial charge is 0.0929 e. The summed E-state index contributed by atoms with van der Waals surface area (Å²) >= 11 is 0. The van der Waals surface area contributed by atoms with Gasteiger partial charge in [-0.2, -0.15) is 0 Å². The minimum Gasteiger partial charge on any atom is -0.348 e. The molecule has 0 spiro atoms. The molecule has 1 aliphatic carbocycles. The minimum atomic E-state index is 0.673. The Bertz CT molecular complexity index is 975. The Morgan fingerprint density at radius 3 is 1.96 bits per heavy atom. The second-order valence-electron chi connectivity index (χ2n) is 6.56. The van der Waals surface area contributed by atoms with Gasteiger partial charge < -0.3 is 9.97 Å². The number of benzene rings is 2. The van der Waals surface area contributed by atoms with Crippen LogP contribution in [-0.2, 0) is 0 Å². The number of nitrogens with one attached hydrogen (secondary N) is 2. The second kappa shape index (κ2) is 5.74. The summed E-state index contributed by atoms with van der Waals surface area (Å²) in [4.78, 5) is 15.0. The SMILES string of the molecule is c1ncc(-c2ccc(-c3ccc(-c4nc[nH]c4C4CC4)cc3)cc2)[nH]1. The second-order valence-corrected chi connectivity index (χ2v) is 6.56. The van der Waals surface area contributed by atoms with Crippen molar-refractivity contribution in [2.45, 2.75) is 18.8 Å². The fraction of sp³-hybridized carbons (Fsp3) is 0.143. The molecule has 4 heteroatoms. The normalized spacial score (nSPS) is 13.9. The summed E-state index contributed by atoms with van der Waals surface area (Å²) in [5.74, 6) is 0.673. The van der Waals surface area contributed by atoms with Crippen LogP contribution in [0.2, 0.25) is 0 Å². The Morgan fingerprint density at radius 1 is 0.720 bits per heavy atom. The Hall–Kier alpha value is -3.14. The first-order valence-electron chi connectivity index (χ1n) is 8.61. The van der Waals surface area contributed by atoms with Crippen molar-refractivity contribution in [3.63, 3.8) is 0 Å². The predicted octanol–water partition coefficient (Wildman–Crippen LogP) is 5.01. The van der Waals surface area contributed by atoms with Crippen molar-refractivity contribution >= 4 is 0 Å². The maximum atomic E-state index is 4.53. The molecule has 2 aromatic heterocycles. The number of aromatic nitrogens is 4. The lowest BCUT2D eigenvalue weighted by Gasteiger charge is -2.06. The molecule has 0 aliphatic heterocycles. The molecule has 1 aliphatic rings. The third-order valence-corrected chi connectivity index (χ3v) is 4.84. The van der Waals surface area contributed by atoms with Crippen molar-refractivity contribution in [2.75, 3.05) is 0 Å². The zero-order valence-corrected chi connectivity index (χ0v) is 13.7. The van der Waals surface area contributed by atoms with Crippen LogP contribution in [0.4, 0.5) is 0 Å². The minimum absolute atomic E-state index is 0.673. The van der Waals surface area contributed by atoms with E-state index in [1.807, 2.05) is 12.5 Å². The molecule has 1 fully saturated rings. The number of imidazole rings is 2. The largest absolute Gasteiger partial charge is 0.348 e. The molecule has 0 amide bonds. The molecule has 0 radical (unpaired) electrons. The van der Waals surface area contributed by atoms with Crippen LogP contribution in [0.1, 0.15) is 24.5 Å². The van der Waals surface area contributed by atoms with Crippen LogP contribution in [-0.4, -0.2) is 19.9 Å². The predicted molar refractivity (Wildman–Crippen MR) is 99.0 cm³/mol. The average molecular weight is 326 g/mol. The topological polar surface area (TPSA) is 57.4 Å². The molecular formula is C21H18N4. The van der Waals surface area contributed by atoms with Gasteiger partial charge in [0.05, 0.1) is 30.2 Å². The molecule has 122 valence electrons. The van der Waals surface area contributed by atoms with Gasteiger partial charge in [0.1, 0.15) is 0 Å². The van der Waals surface area contributed by atoms with Gasteiger partial charge in [-0.1, -0.05) is 48.5 Å². The Kier molecular flexibility index (Phi) is 3.27. The summed E-state index contributed by atoms with van der Waals surface area (Å²) in [7, 11) is 0. The van der Waals surface area contributed by atoms with Gasteiger partial charge >= 0.3 is 0 Å². The Balaban J connectivity index is 1.42. The van der Waals surface area contributed by atoms with Gasteiger partial charge in [0.2, 0.25) is 0 Å². The van der Waals surface area contributed by atoms with E-state index < -0.39 is 0 Å². The lowest BCUT2D eigenvalue weighted by Crippen LogP contribution is -1.86. The number of hydrogen-bond donors (Lipinski definition) is 2. The van der Waals surface area contributed by atoms with Crippen LogP contribution >= 0.6 is 0 Å². The van der Waals surface area contributed by atoms with E-state index in [0.717, 1.165) is 17.0 Å². The molecule has 25 heavy (non-hydrogen) atoms. The van der Waals surface area contributed by atoms with Crippen molar-refractivity contribution in [2.24, 2.45) is 0 Å².